The number of nitrogens with zero attached hydrogens (tertiary/aromatic N) is 4. The predicted molar refractivity (Wildman–Crippen MR) is 159 cm³/mol. The summed E-state index contributed by atoms with van der Waals surface area (Å²) in [6.45, 7) is 1.74. The molecule has 9 rings (SSSR count). The maximum absolute atomic E-state index is 13.4. The van der Waals surface area contributed by atoms with Gasteiger partial charge in [0.1, 0.15) is 24.2 Å². The second-order valence-electron chi connectivity index (χ2n) is 11.5. The van der Waals surface area contributed by atoms with Crippen molar-refractivity contribution in [2.45, 2.75) is 24.7 Å². The Morgan fingerprint density at radius 3 is 2.52 bits per heavy atom. The number of morpholine rings is 1. The number of halogens is 1. The number of nitrogens with one attached hydrogen (secondary N) is 2. The Hall–Kier alpha value is -5.13. The first-order chi connectivity index (χ1) is 21.4. The van der Waals surface area contributed by atoms with Crippen LogP contribution in [0.3, 0.4) is 0 Å². The molecule has 0 aliphatic carbocycles. The maximum Gasteiger partial charge on any atom is 0.349 e. The van der Waals surface area contributed by atoms with Crippen LogP contribution in [0.1, 0.15) is 32.7 Å². The first-order valence-electron chi connectivity index (χ1n) is 14.4. The van der Waals surface area contributed by atoms with E-state index < -0.39 is 0 Å². The lowest BCUT2D eigenvalue weighted by molar-refractivity contribution is -0.809. The number of rotatable bonds is 8. The summed E-state index contributed by atoms with van der Waals surface area (Å²) in [6.07, 6.45) is 2.84. The molecule has 11 heteroatoms. The van der Waals surface area contributed by atoms with Gasteiger partial charge in [-0.1, -0.05) is 24.3 Å². The van der Waals surface area contributed by atoms with Crippen LogP contribution < -0.4 is 15.4 Å². The third kappa shape index (κ3) is 4.08. The van der Waals surface area contributed by atoms with E-state index in [-0.39, 0.29) is 29.4 Å². The molecule has 2 bridgehead atoms. The lowest BCUT2D eigenvalue weighted by atomic mass is 10.0. The summed E-state index contributed by atoms with van der Waals surface area (Å²) in [5.41, 5.74) is 4.78. The summed E-state index contributed by atoms with van der Waals surface area (Å²) in [6, 6.07) is 22.8. The van der Waals surface area contributed by atoms with E-state index >= 15 is 0 Å². The highest BCUT2D eigenvalue weighted by molar-refractivity contribution is 5.94. The minimum absolute atomic E-state index is 0.0839. The van der Waals surface area contributed by atoms with Crippen LogP contribution in [0.15, 0.2) is 85.1 Å². The second-order valence-corrected chi connectivity index (χ2v) is 11.5. The minimum atomic E-state index is -0.312. The Bertz CT molecular complexity index is 1960. The van der Waals surface area contributed by atoms with Crippen LogP contribution in [-0.4, -0.2) is 62.9 Å². The van der Waals surface area contributed by atoms with Crippen molar-refractivity contribution >= 4 is 29.1 Å². The lowest BCUT2D eigenvalue weighted by Crippen LogP contribution is -2.54. The second kappa shape index (κ2) is 9.69. The number of methoxy groups -OCH3 is 1. The fourth-order valence-corrected chi connectivity index (χ4v) is 6.62. The van der Waals surface area contributed by atoms with E-state index in [0.717, 1.165) is 29.7 Å². The summed E-state index contributed by atoms with van der Waals surface area (Å²) in [5.74, 6) is 0.470. The number of fused-ring (bicyclic) bond motifs is 2. The van der Waals surface area contributed by atoms with E-state index in [9.17, 15) is 14.0 Å². The highest BCUT2D eigenvalue weighted by Crippen LogP contribution is 2.66. The van der Waals surface area contributed by atoms with Gasteiger partial charge in [0.25, 0.3) is 11.6 Å². The first kappa shape index (κ1) is 26.5. The van der Waals surface area contributed by atoms with E-state index in [4.69, 9.17) is 9.47 Å². The molecular weight excluding hydrogens is 563 g/mol. The van der Waals surface area contributed by atoms with Gasteiger partial charge in [0.05, 0.1) is 24.8 Å². The molecule has 4 saturated heterocycles. The quantitative estimate of drug-likeness (QED) is 0.199. The molecule has 10 nitrogen and oxygen atoms in total. The molecule has 0 saturated carbocycles. The molecule has 4 aliphatic rings. The zero-order valence-electron chi connectivity index (χ0n) is 23.8. The SMILES string of the molecule is COc1cc(C(=O)[N+]23CC24CC3CO4)ccc1Nc1nc2ccc(-c3ccc(C(=O)NCc4ccc(F)cc4)cc3)cn2n1. The molecule has 3 aromatic carbocycles. The van der Waals surface area contributed by atoms with Gasteiger partial charge in [0, 0.05) is 23.9 Å². The van der Waals surface area contributed by atoms with Crippen LogP contribution in [0.2, 0.25) is 0 Å². The molecule has 3 atom stereocenters. The van der Waals surface area contributed by atoms with Crippen molar-refractivity contribution in [3.05, 3.63) is 108 Å². The van der Waals surface area contributed by atoms with Gasteiger partial charge in [-0.25, -0.2) is 18.2 Å². The van der Waals surface area contributed by atoms with Gasteiger partial charge < -0.3 is 20.1 Å². The molecule has 44 heavy (non-hydrogen) atoms. The smallest absolute Gasteiger partial charge is 0.349 e. The largest absolute Gasteiger partial charge is 0.495 e. The molecule has 4 aliphatic heterocycles. The molecule has 2 aromatic heterocycles. The Labute approximate surface area is 251 Å². The number of carbonyl (C=O) groups excluding carboxylic acids is 2. The van der Waals surface area contributed by atoms with E-state index in [2.05, 4.69) is 20.7 Å². The van der Waals surface area contributed by atoms with Crippen molar-refractivity contribution in [1.29, 1.82) is 0 Å². The van der Waals surface area contributed by atoms with Gasteiger partial charge in [-0.15, -0.1) is 5.10 Å². The third-order valence-corrected chi connectivity index (χ3v) is 9.08. The van der Waals surface area contributed by atoms with Gasteiger partial charge in [-0.05, 0) is 65.7 Å². The Morgan fingerprint density at radius 1 is 1.05 bits per heavy atom. The van der Waals surface area contributed by atoms with Crippen molar-refractivity contribution in [1.82, 2.24) is 19.9 Å². The number of anilines is 2. The number of aromatic nitrogens is 3. The van der Waals surface area contributed by atoms with Gasteiger partial charge in [-0.3, -0.25) is 4.79 Å². The molecule has 1 spiro atoms. The van der Waals surface area contributed by atoms with Gasteiger partial charge in [0.15, 0.2) is 12.2 Å². The molecule has 2 N–H and O–H groups in total. The fraction of sp³-hybridized carbons (Fsp3) is 0.212. The van der Waals surface area contributed by atoms with Crippen LogP contribution in [0, 0.1) is 5.82 Å². The highest BCUT2D eigenvalue weighted by atomic mass is 19.1. The normalized spacial score (nSPS) is 22.6. The minimum Gasteiger partial charge on any atom is -0.495 e. The van der Waals surface area contributed by atoms with Crippen molar-refractivity contribution in [2.75, 3.05) is 25.6 Å². The van der Waals surface area contributed by atoms with E-state index in [1.54, 1.807) is 42.0 Å². The first-order valence-corrected chi connectivity index (χ1v) is 14.4. The number of amides is 2. The van der Waals surface area contributed by atoms with E-state index in [1.807, 2.05) is 42.6 Å². The Kier molecular flexibility index (Phi) is 5.84. The van der Waals surface area contributed by atoms with Crippen molar-refractivity contribution in [2.24, 2.45) is 0 Å². The van der Waals surface area contributed by atoms with Gasteiger partial charge >= 0.3 is 5.91 Å². The number of hydrogen-bond donors (Lipinski definition) is 2. The molecule has 6 heterocycles. The monoisotopic (exact) mass is 591 g/mol. The van der Waals surface area contributed by atoms with Crippen LogP contribution in [0.4, 0.5) is 16.0 Å². The van der Waals surface area contributed by atoms with Crippen molar-refractivity contribution in [3.8, 4) is 16.9 Å². The number of benzene rings is 3. The van der Waals surface area contributed by atoms with Crippen LogP contribution in [-0.2, 0) is 11.3 Å². The molecule has 0 radical (unpaired) electrons. The van der Waals surface area contributed by atoms with Gasteiger partial charge in [-0.2, -0.15) is 4.98 Å². The topological polar surface area (TPSA) is 107 Å². The number of ether oxygens (including phenoxy) is 2. The molecular formula is C33H28FN6O4+. The molecule has 4 fully saturated rings. The summed E-state index contributed by atoms with van der Waals surface area (Å²) in [4.78, 5) is 30.5. The molecule has 3 unspecified atom stereocenters. The standard InChI is InChI=1S/C33H27FN6O4/c1-43-28-14-23(31(42)40-19-33(40)15-26(40)18-44-33)8-12-27(28)36-32-37-29-13-9-24(17-39(29)38-32)21-4-6-22(7-5-21)30(41)35-16-20-2-10-25(34)11-3-20/h2-14,17,26H,15-16,18-19H2,1H3,(H-,35,36,38,41,42)/p+1. The zero-order chi connectivity index (χ0) is 30.1. The van der Waals surface area contributed by atoms with E-state index in [1.165, 1.54) is 12.1 Å². The predicted octanol–water partition coefficient (Wildman–Crippen LogP) is 4.69. The summed E-state index contributed by atoms with van der Waals surface area (Å²) < 4.78 is 26.7. The molecule has 5 aromatic rings. The molecule has 220 valence electrons. The Balaban J connectivity index is 0.957. The lowest BCUT2D eigenvalue weighted by Gasteiger charge is -2.30. The van der Waals surface area contributed by atoms with Crippen LogP contribution in [0.5, 0.6) is 5.75 Å². The van der Waals surface area contributed by atoms with Crippen molar-refractivity contribution < 1.29 is 27.9 Å². The Morgan fingerprint density at radius 2 is 1.82 bits per heavy atom. The summed E-state index contributed by atoms with van der Waals surface area (Å²) in [5, 5.41) is 10.7. The number of pyridine rings is 1. The highest BCUT2D eigenvalue weighted by Gasteiger charge is 2.92. The average Bonchev–Trinajstić information content (AvgIpc) is 3.49. The summed E-state index contributed by atoms with van der Waals surface area (Å²) in [7, 11) is 1.57. The zero-order valence-corrected chi connectivity index (χ0v) is 23.8. The van der Waals surface area contributed by atoms with Crippen LogP contribution >= 0.6 is 0 Å². The average molecular weight is 592 g/mol. The van der Waals surface area contributed by atoms with Crippen molar-refractivity contribution in [3.63, 3.8) is 0 Å². The number of carbonyl (C=O) groups is 2. The molecule has 2 amide bonds. The van der Waals surface area contributed by atoms with E-state index in [0.29, 0.717) is 51.8 Å². The third-order valence-electron chi connectivity index (χ3n) is 9.08. The number of hydrogen-bond acceptors (Lipinski definition) is 7. The maximum atomic E-state index is 13.4. The van der Waals surface area contributed by atoms with Crippen LogP contribution in [0.25, 0.3) is 16.8 Å². The number of quaternary nitrogens is 1. The van der Waals surface area contributed by atoms with Gasteiger partial charge in [0.2, 0.25) is 5.95 Å². The fourth-order valence-electron chi connectivity index (χ4n) is 6.62. The summed E-state index contributed by atoms with van der Waals surface area (Å²) >= 11 is 0.